The Labute approximate surface area is 133 Å². The van der Waals surface area contributed by atoms with Crippen LogP contribution in [0.25, 0.3) is 0 Å². The van der Waals surface area contributed by atoms with Crippen molar-refractivity contribution in [3.05, 3.63) is 63.6 Å². The van der Waals surface area contributed by atoms with Gasteiger partial charge in [-0.05, 0) is 47.0 Å². The Balaban J connectivity index is 2.22. The Morgan fingerprint density at radius 1 is 1.19 bits per heavy atom. The molecule has 4 heteroatoms. The molecule has 1 atom stereocenters. The molecule has 0 bridgehead atoms. The molecule has 3 nitrogen and oxygen atoms in total. The summed E-state index contributed by atoms with van der Waals surface area (Å²) in [4.78, 5) is 0. The Bertz CT molecular complexity index is 662. The molecule has 21 heavy (non-hydrogen) atoms. The van der Waals surface area contributed by atoms with E-state index in [0.29, 0.717) is 12.2 Å². The average molecular weight is 345 g/mol. The minimum Gasteiger partial charge on any atom is -0.487 e. The Morgan fingerprint density at radius 3 is 2.62 bits per heavy atom. The summed E-state index contributed by atoms with van der Waals surface area (Å²) in [6, 6.07) is 15.6. The zero-order chi connectivity index (χ0) is 15.2. The molecule has 1 unspecified atom stereocenters. The first-order valence-electron chi connectivity index (χ1n) is 6.75. The summed E-state index contributed by atoms with van der Waals surface area (Å²) in [6.45, 7) is 2.33. The fourth-order valence-corrected chi connectivity index (χ4v) is 2.65. The second-order valence-corrected chi connectivity index (χ2v) is 5.82. The zero-order valence-corrected chi connectivity index (χ0v) is 13.4. The van der Waals surface area contributed by atoms with Crippen molar-refractivity contribution in [1.82, 2.24) is 0 Å². The highest BCUT2D eigenvalue weighted by Gasteiger charge is 2.11. The van der Waals surface area contributed by atoms with Crippen molar-refractivity contribution in [1.29, 1.82) is 5.26 Å². The molecule has 0 amide bonds. The molecule has 0 saturated carbocycles. The lowest BCUT2D eigenvalue weighted by atomic mass is 10.1. The topological polar surface area (TPSA) is 59.0 Å². The summed E-state index contributed by atoms with van der Waals surface area (Å²) >= 11 is 3.52. The number of hydrogen-bond donors (Lipinski definition) is 1. The van der Waals surface area contributed by atoms with Crippen molar-refractivity contribution >= 4 is 15.9 Å². The summed E-state index contributed by atoms with van der Waals surface area (Å²) in [7, 11) is 0. The van der Waals surface area contributed by atoms with E-state index < -0.39 is 0 Å². The summed E-state index contributed by atoms with van der Waals surface area (Å²) in [5.74, 6) is 0.794. The van der Waals surface area contributed by atoms with Gasteiger partial charge in [-0.2, -0.15) is 5.26 Å². The molecule has 0 spiro atoms. The van der Waals surface area contributed by atoms with E-state index in [4.69, 9.17) is 15.7 Å². The van der Waals surface area contributed by atoms with Gasteiger partial charge in [0, 0.05) is 11.6 Å². The highest BCUT2D eigenvalue weighted by atomic mass is 79.9. The Morgan fingerprint density at radius 2 is 1.90 bits per heavy atom. The van der Waals surface area contributed by atoms with Crippen LogP contribution in [-0.2, 0) is 13.0 Å². The van der Waals surface area contributed by atoms with Crippen molar-refractivity contribution in [3.8, 4) is 11.8 Å². The quantitative estimate of drug-likeness (QED) is 0.897. The van der Waals surface area contributed by atoms with Gasteiger partial charge in [0.15, 0.2) is 0 Å². The second kappa shape index (κ2) is 7.26. The predicted octanol–water partition coefficient (Wildman–Crippen LogP) is 3.79. The molecule has 2 aromatic rings. The maximum absolute atomic E-state index is 9.11. The molecule has 2 N–H and O–H groups in total. The predicted molar refractivity (Wildman–Crippen MR) is 87.0 cm³/mol. The molecule has 0 aliphatic carbocycles. The van der Waals surface area contributed by atoms with Crippen LogP contribution in [-0.4, -0.2) is 6.04 Å². The van der Waals surface area contributed by atoms with E-state index in [2.05, 4.69) is 22.0 Å². The highest BCUT2D eigenvalue weighted by Crippen LogP contribution is 2.30. The number of para-hydroxylation sites is 1. The number of nitrogens with zero attached hydrogens (tertiary/aromatic N) is 1. The van der Waals surface area contributed by atoms with Crippen LogP contribution in [0.5, 0.6) is 5.75 Å². The number of ether oxygens (including phenoxy) is 1. The minimum absolute atomic E-state index is 0.0630. The van der Waals surface area contributed by atoms with Crippen molar-refractivity contribution < 1.29 is 4.74 Å². The van der Waals surface area contributed by atoms with Gasteiger partial charge in [0.1, 0.15) is 12.4 Å². The van der Waals surface area contributed by atoms with Gasteiger partial charge in [0.05, 0.1) is 16.1 Å². The molecule has 2 aromatic carbocycles. The van der Waals surface area contributed by atoms with E-state index in [9.17, 15) is 0 Å². The molecule has 0 radical (unpaired) electrons. The van der Waals surface area contributed by atoms with Crippen molar-refractivity contribution in [2.45, 2.75) is 26.0 Å². The molecular formula is C17H17BrN2O. The van der Waals surface area contributed by atoms with E-state index in [1.807, 2.05) is 43.3 Å². The molecule has 0 aliphatic heterocycles. The highest BCUT2D eigenvalue weighted by molar-refractivity contribution is 9.10. The van der Waals surface area contributed by atoms with E-state index in [1.165, 1.54) is 0 Å². The summed E-state index contributed by atoms with van der Waals surface area (Å²) < 4.78 is 6.84. The monoisotopic (exact) mass is 344 g/mol. The Kier molecular flexibility index (Phi) is 5.38. The van der Waals surface area contributed by atoms with E-state index in [1.54, 1.807) is 6.07 Å². The first-order chi connectivity index (χ1) is 10.1. The van der Waals surface area contributed by atoms with Gasteiger partial charge in [0.25, 0.3) is 0 Å². The third-order valence-electron chi connectivity index (χ3n) is 3.10. The van der Waals surface area contributed by atoms with Crippen LogP contribution in [0.3, 0.4) is 0 Å². The van der Waals surface area contributed by atoms with Gasteiger partial charge < -0.3 is 10.5 Å². The molecule has 0 fully saturated rings. The van der Waals surface area contributed by atoms with Crippen LogP contribution < -0.4 is 10.5 Å². The summed E-state index contributed by atoms with van der Waals surface area (Å²) in [6.07, 6.45) is 0.745. The Hall–Kier alpha value is -1.83. The van der Waals surface area contributed by atoms with Crippen LogP contribution in [0.1, 0.15) is 23.6 Å². The maximum Gasteiger partial charge on any atom is 0.137 e. The molecule has 0 saturated heterocycles. The minimum atomic E-state index is 0.0630. The SMILES string of the molecule is CC(N)Cc1cccc(Br)c1OCc1ccccc1C#N. The molecule has 0 aromatic heterocycles. The normalized spacial score (nSPS) is 11.7. The van der Waals surface area contributed by atoms with Crippen molar-refractivity contribution in [3.63, 3.8) is 0 Å². The van der Waals surface area contributed by atoms with Gasteiger partial charge in [-0.15, -0.1) is 0 Å². The first kappa shape index (κ1) is 15.6. The van der Waals surface area contributed by atoms with Crippen LogP contribution in [0.4, 0.5) is 0 Å². The summed E-state index contributed by atoms with van der Waals surface area (Å²) in [5, 5.41) is 9.11. The van der Waals surface area contributed by atoms with Gasteiger partial charge >= 0.3 is 0 Å². The fourth-order valence-electron chi connectivity index (χ4n) is 2.13. The molecule has 0 heterocycles. The second-order valence-electron chi connectivity index (χ2n) is 4.97. The lowest BCUT2D eigenvalue weighted by Crippen LogP contribution is -2.18. The standard InChI is InChI=1S/C17H17BrN2O/c1-12(20)9-13-7-4-8-16(18)17(13)21-11-15-6-3-2-5-14(15)10-19/h2-8,12H,9,11,20H2,1H3. The van der Waals surface area contributed by atoms with E-state index >= 15 is 0 Å². The largest absolute Gasteiger partial charge is 0.487 e. The molecular weight excluding hydrogens is 328 g/mol. The summed E-state index contributed by atoms with van der Waals surface area (Å²) in [5.41, 5.74) is 8.46. The zero-order valence-electron chi connectivity index (χ0n) is 11.8. The number of rotatable bonds is 5. The number of hydrogen-bond acceptors (Lipinski definition) is 3. The molecule has 2 rings (SSSR count). The lowest BCUT2D eigenvalue weighted by Gasteiger charge is -2.15. The number of benzene rings is 2. The van der Waals surface area contributed by atoms with E-state index in [0.717, 1.165) is 27.8 Å². The lowest BCUT2D eigenvalue weighted by molar-refractivity contribution is 0.300. The van der Waals surface area contributed by atoms with Crippen LogP contribution in [0.2, 0.25) is 0 Å². The van der Waals surface area contributed by atoms with Crippen molar-refractivity contribution in [2.75, 3.05) is 0 Å². The molecule has 108 valence electrons. The number of halogens is 1. The molecule has 0 aliphatic rings. The third-order valence-corrected chi connectivity index (χ3v) is 3.72. The number of nitriles is 1. The smallest absolute Gasteiger partial charge is 0.137 e. The van der Waals surface area contributed by atoms with Crippen LogP contribution >= 0.6 is 15.9 Å². The van der Waals surface area contributed by atoms with Gasteiger partial charge in [-0.25, -0.2) is 0 Å². The van der Waals surface area contributed by atoms with Gasteiger partial charge in [-0.1, -0.05) is 30.3 Å². The van der Waals surface area contributed by atoms with Crippen LogP contribution in [0.15, 0.2) is 46.9 Å². The van der Waals surface area contributed by atoms with Crippen LogP contribution in [0, 0.1) is 11.3 Å². The first-order valence-corrected chi connectivity index (χ1v) is 7.55. The average Bonchev–Trinajstić information content (AvgIpc) is 2.46. The van der Waals surface area contributed by atoms with Gasteiger partial charge in [-0.3, -0.25) is 0 Å². The fraction of sp³-hybridized carbons (Fsp3) is 0.235. The number of nitrogens with two attached hydrogens (primary N) is 1. The third kappa shape index (κ3) is 4.07. The van der Waals surface area contributed by atoms with E-state index in [-0.39, 0.29) is 6.04 Å². The van der Waals surface area contributed by atoms with Crippen molar-refractivity contribution in [2.24, 2.45) is 5.73 Å². The maximum atomic E-state index is 9.11. The van der Waals surface area contributed by atoms with Gasteiger partial charge in [0.2, 0.25) is 0 Å².